The number of hydrogen-bond acceptors (Lipinski definition) is 8. The van der Waals surface area contributed by atoms with Gasteiger partial charge in [-0.25, -0.2) is 9.59 Å². The molecule has 1 heterocycles. The second-order valence-corrected chi connectivity index (χ2v) is 7.14. The smallest absolute Gasteiger partial charge is 0.336 e. The first-order chi connectivity index (χ1) is 15.9. The topological polar surface area (TPSA) is 132 Å². The lowest BCUT2D eigenvalue weighted by molar-refractivity contribution is -0.384. The minimum atomic E-state index is -0.997. The predicted octanol–water partition coefficient (Wildman–Crippen LogP) is 3.60. The van der Waals surface area contributed by atoms with Gasteiger partial charge in [0.05, 0.1) is 47.3 Å². The van der Waals surface area contributed by atoms with Gasteiger partial charge in [-0.05, 0) is 18.1 Å². The number of nitriles is 1. The second kappa shape index (κ2) is 10.2. The Labute approximate surface area is 190 Å². The molecule has 0 fully saturated rings. The largest absolute Gasteiger partial charge is 0.466 e. The summed E-state index contributed by atoms with van der Waals surface area (Å²) in [4.78, 5) is 36.9. The predicted molar refractivity (Wildman–Crippen MR) is 118 cm³/mol. The molecule has 1 unspecified atom stereocenters. The summed E-state index contributed by atoms with van der Waals surface area (Å²) in [5, 5.41) is 23.3. The first-order valence-corrected chi connectivity index (χ1v) is 10.0. The molecule has 0 spiro atoms. The van der Waals surface area contributed by atoms with Crippen molar-refractivity contribution in [3.63, 3.8) is 0 Å². The molecule has 1 atom stereocenters. The van der Waals surface area contributed by atoms with Crippen molar-refractivity contribution in [2.45, 2.75) is 19.3 Å². The molecule has 0 aliphatic carbocycles. The Hall–Kier alpha value is -4.45. The summed E-state index contributed by atoms with van der Waals surface area (Å²) in [6.07, 6.45) is 0.00192. The Morgan fingerprint density at radius 1 is 1.12 bits per heavy atom. The lowest BCUT2D eigenvalue weighted by atomic mass is 9.79. The highest BCUT2D eigenvalue weighted by Gasteiger charge is 2.39. The van der Waals surface area contributed by atoms with E-state index >= 15 is 0 Å². The van der Waals surface area contributed by atoms with Crippen LogP contribution in [0, 0.1) is 21.4 Å². The number of nitro groups is 1. The van der Waals surface area contributed by atoms with Gasteiger partial charge in [0, 0.05) is 17.8 Å². The van der Waals surface area contributed by atoms with Crippen LogP contribution in [0.5, 0.6) is 0 Å². The second-order valence-electron chi connectivity index (χ2n) is 7.14. The monoisotopic (exact) mass is 447 g/mol. The van der Waals surface area contributed by atoms with E-state index in [4.69, 9.17) is 14.7 Å². The molecule has 2 aromatic carbocycles. The third kappa shape index (κ3) is 4.91. The van der Waals surface area contributed by atoms with Crippen molar-refractivity contribution >= 4 is 23.3 Å². The molecule has 1 aliphatic rings. The zero-order valence-electron chi connectivity index (χ0n) is 18.0. The van der Waals surface area contributed by atoms with Gasteiger partial charge in [0.1, 0.15) is 6.61 Å². The fraction of sp³-hybridized carbons (Fsp3) is 0.208. The van der Waals surface area contributed by atoms with Gasteiger partial charge in [0.15, 0.2) is 0 Å². The Bertz CT molecular complexity index is 1190. The molecule has 9 heteroatoms. The van der Waals surface area contributed by atoms with Gasteiger partial charge in [0.2, 0.25) is 0 Å². The van der Waals surface area contributed by atoms with Crippen LogP contribution in [0.3, 0.4) is 0 Å². The molecule has 0 amide bonds. The third-order valence-electron chi connectivity index (χ3n) is 5.11. The van der Waals surface area contributed by atoms with Gasteiger partial charge in [-0.15, -0.1) is 0 Å². The third-order valence-corrected chi connectivity index (χ3v) is 5.11. The zero-order valence-corrected chi connectivity index (χ0v) is 18.0. The van der Waals surface area contributed by atoms with E-state index in [0.717, 1.165) is 0 Å². The number of rotatable bonds is 7. The van der Waals surface area contributed by atoms with Crippen molar-refractivity contribution in [1.29, 1.82) is 5.26 Å². The number of nitrogens with zero attached hydrogens (tertiary/aromatic N) is 2. The van der Waals surface area contributed by atoms with Crippen molar-refractivity contribution in [2.24, 2.45) is 0 Å². The van der Waals surface area contributed by atoms with Crippen molar-refractivity contribution in [3.8, 4) is 6.07 Å². The van der Waals surface area contributed by atoms with Gasteiger partial charge >= 0.3 is 11.9 Å². The highest BCUT2D eigenvalue weighted by atomic mass is 16.6. The van der Waals surface area contributed by atoms with Gasteiger partial charge in [-0.3, -0.25) is 10.1 Å². The van der Waals surface area contributed by atoms with Crippen molar-refractivity contribution < 1.29 is 24.0 Å². The van der Waals surface area contributed by atoms with E-state index in [2.05, 4.69) is 5.32 Å². The maximum absolute atomic E-state index is 13.0. The van der Waals surface area contributed by atoms with Crippen LogP contribution in [0.25, 0.3) is 5.70 Å². The Morgan fingerprint density at radius 2 is 1.85 bits per heavy atom. The van der Waals surface area contributed by atoms with E-state index in [0.29, 0.717) is 22.5 Å². The number of methoxy groups -OCH3 is 1. The molecule has 0 saturated heterocycles. The Morgan fingerprint density at radius 3 is 2.48 bits per heavy atom. The van der Waals surface area contributed by atoms with Crippen molar-refractivity contribution in [2.75, 3.05) is 13.7 Å². The van der Waals surface area contributed by atoms with E-state index in [1.54, 1.807) is 37.3 Å². The minimum absolute atomic E-state index is 0.00192. The molecule has 1 N–H and O–H groups in total. The van der Waals surface area contributed by atoms with Gasteiger partial charge in [-0.2, -0.15) is 5.26 Å². The first-order valence-electron chi connectivity index (χ1n) is 10.0. The number of non-ortho nitro benzene ring substituents is 1. The van der Waals surface area contributed by atoms with Crippen LogP contribution >= 0.6 is 0 Å². The fourth-order valence-electron chi connectivity index (χ4n) is 3.68. The molecule has 9 nitrogen and oxygen atoms in total. The number of ether oxygens (including phenoxy) is 2. The normalized spacial score (nSPS) is 15.4. The van der Waals surface area contributed by atoms with Gasteiger partial charge < -0.3 is 14.8 Å². The number of esters is 2. The summed E-state index contributed by atoms with van der Waals surface area (Å²) < 4.78 is 10.3. The fourth-order valence-corrected chi connectivity index (χ4v) is 3.68. The molecule has 0 bridgehead atoms. The van der Waals surface area contributed by atoms with Crippen LogP contribution < -0.4 is 5.32 Å². The standard InChI is InChI=1S/C24H21N3O6/c1-15-19(24(29)33-13-7-12-25)20(17-10-6-11-18(14-17)27(30)31)21(23(28)32-2)22(26-15)16-8-4-3-5-9-16/h3-6,8-11,14,20,26H,7,13H2,1-2H3. The summed E-state index contributed by atoms with van der Waals surface area (Å²) in [6.45, 7) is 1.53. The summed E-state index contributed by atoms with van der Waals surface area (Å²) in [6, 6.07) is 16.6. The lowest BCUT2D eigenvalue weighted by Crippen LogP contribution is -2.32. The van der Waals surface area contributed by atoms with Crippen LogP contribution in [0.2, 0.25) is 0 Å². The number of dihydropyridines is 1. The molecular formula is C24H21N3O6. The zero-order chi connectivity index (χ0) is 24.0. The number of hydrogen-bond donors (Lipinski definition) is 1. The molecule has 0 radical (unpaired) electrons. The Kier molecular flexibility index (Phi) is 7.20. The number of carbonyl (C=O) groups excluding carboxylic acids is 2. The lowest BCUT2D eigenvalue weighted by Gasteiger charge is -2.31. The summed E-state index contributed by atoms with van der Waals surface area (Å²) in [5.41, 5.74) is 1.89. The highest BCUT2D eigenvalue weighted by molar-refractivity contribution is 6.05. The molecule has 1 aliphatic heterocycles. The van der Waals surface area contributed by atoms with E-state index in [1.165, 1.54) is 25.3 Å². The minimum Gasteiger partial charge on any atom is -0.466 e. The van der Waals surface area contributed by atoms with Gasteiger partial charge in [-0.1, -0.05) is 42.5 Å². The van der Waals surface area contributed by atoms with E-state index in [1.807, 2.05) is 12.1 Å². The maximum Gasteiger partial charge on any atom is 0.336 e. The SMILES string of the molecule is COC(=O)C1=C(c2ccccc2)NC(C)=C(C(=O)OCCC#N)C1c1cccc([N+](=O)[O-])c1. The maximum atomic E-state index is 13.0. The Balaban J connectivity index is 2.26. The number of nitrogens with one attached hydrogen (secondary N) is 1. The molecule has 3 rings (SSSR count). The summed E-state index contributed by atoms with van der Waals surface area (Å²) in [5.74, 6) is -2.43. The number of benzene rings is 2. The summed E-state index contributed by atoms with van der Waals surface area (Å²) in [7, 11) is 1.22. The van der Waals surface area contributed by atoms with E-state index < -0.39 is 22.8 Å². The molecule has 2 aromatic rings. The molecule has 33 heavy (non-hydrogen) atoms. The van der Waals surface area contributed by atoms with Crippen LogP contribution in [-0.2, 0) is 19.1 Å². The summed E-state index contributed by atoms with van der Waals surface area (Å²) >= 11 is 0. The average Bonchev–Trinajstić information content (AvgIpc) is 2.83. The van der Waals surface area contributed by atoms with Crippen LogP contribution in [0.4, 0.5) is 5.69 Å². The highest BCUT2D eigenvalue weighted by Crippen LogP contribution is 2.42. The molecule has 0 saturated carbocycles. The number of carbonyl (C=O) groups is 2. The van der Waals surface area contributed by atoms with Crippen LogP contribution in [0.15, 0.2) is 71.4 Å². The molecular weight excluding hydrogens is 426 g/mol. The van der Waals surface area contributed by atoms with Crippen molar-refractivity contribution in [1.82, 2.24) is 5.32 Å². The van der Waals surface area contributed by atoms with E-state index in [-0.39, 0.29) is 29.9 Å². The average molecular weight is 447 g/mol. The van der Waals surface area contributed by atoms with Crippen LogP contribution in [0.1, 0.15) is 30.4 Å². The molecule has 168 valence electrons. The first kappa shape index (κ1) is 23.2. The molecule has 0 aromatic heterocycles. The van der Waals surface area contributed by atoms with Gasteiger partial charge in [0.25, 0.3) is 5.69 Å². The number of nitro benzene ring substituents is 1. The number of allylic oxidation sites excluding steroid dienone is 1. The van der Waals surface area contributed by atoms with Crippen molar-refractivity contribution in [3.05, 3.63) is 92.7 Å². The van der Waals surface area contributed by atoms with Crippen LogP contribution in [-0.4, -0.2) is 30.6 Å². The van der Waals surface area contributed by atoms with E-state index in [9.17, 15) is 19.7 Å². The quantitative estimate of drug-likeness (QED) is 0.295.